The third-order valence-electron chi connectivity index (χ3n) is 4.25. The van der Waals surface area contributed by atoms with Crippen molar-refractivity contribution in [1.82, 2.24) is 9.97 Å². The predicted molar refractivity (Wildman–Crippen MR) is 93.5 cm³/mol. The van der Waals surface area contributed by atoms with E-state index in [1.807, 2.05) is 6.92 Å². The first-order valence-electron chi connectivity index (χ1n) is 8.64. The van der Waals surface area contributed by atoms with Crippen molar-refractivity contribution in [2.24, 2.45) is 5.92 Å². The number of nitrogens with zero attached hydrogens (tertiary/aromatic N) is 3. The molecule has 2 rings (SSSR count). The van der Waals surface area contributed by atoms with E-state index < -0.39 is 0 Å². The van der Waals surface area contributed by atoms with E-state index in [4.69, 9.17) is 9.47 Å². The Morgan fingerprint density at radius 2 is 2.04 bits per heavy atom. The van der Waals surface area contributed by atoms with Crippen molar-refractivity contribution in [1.29, 1.82) is 0 Å². The number of Topliss-reactive ketones (excluding diaryl/α,β-unsaturated/α-hetero) is 1. The maximum Gasteiger partial charge on any atom is 0.147 e. The molecule has 1 aromatic heterocycles. The Hall–Kier alpha value is -1.73. The lowest BCUT2D eigenvalue weighted by atomic mass is 9.91. The molecule has 0 spiro atoms. The van der Waals surface area contributed by atoms with Crippen LogP contribution in [0.4, 0.5) is 11.6 Å². The highest BCUT2D eigenvalue weighted by Gasteiger charge is 2.24. The Bertz CT molecular complexity index is 487. The minimum Gasteiger partial charge on any atom is -0.382 e. The summed E-state index contributed by atoms with van der Waals surface area (Å²) in [6.45, 7) is 6.16. The molecule has 7 heteroatoms. The number of carbonyl (C=O) groups excluding carboxylic acids is 1. The standard InChI is InChI=1S/C17H28N4O3/c1-3-15(22)14-4-7-21(8-5-14)17-13-19-16(12-20-17)18-6-9-24-11-10-23-2/h12-14H,3-11H2,1-2H3,(H,18,19). The molecule has 0 bridgehead atoms. The number of anilines is 2. The molecule has 7 nitrogen and oxygen atoms in total. The van der Waals surface area contributed by atoms with Crippen LogP contribution >= 0.6 is 0 Å². The fraction of sp³-hybridized carbons (Fsp3) is 0.706. The maximum atomic E-state index is 11.8. The molecule has 1 aliphatic heterocycles. The molecule has 2 heterocycles. The average molecular weight is 336 g/mol. The summed E-state index contributed by atoms with van der Waals surface area (Å²) in [5.74, 6) is 2.22. The molecule has 0 aromatic carbocycles. The van der Waals surface area contributed by atoms with E-state index >= 15 is 0 Å². The molecule has 0 aliphatic carbocycles. The molecule has 1 saturated heterocycles. The van der Waals surface area contributed by atoms with E-state index in [0.29, 0.717) is 38.6 Å². The van der Waals surface area contributed by atoms with Crippen molar-refractivity contribution in [2.75, 3.05) is 56.8 Å². The molecule has 1 aliphatic rings. The molecule has 0 unspecified atom stereocenters. The van der Waals surface area contributed by atoms with Crippen LogP contribution in [-0.2, 0) is 14.3 Å². The Balaban J connectivity index is 1.71. The number of aromatic nitrogens is 2. The first-order chi connectivity index (χ1) is 11.7. The van der Waals surface area contributed by atoms with Gasteiger partial charge < -0.3 is 19.7 Å². The third-order valence-corrected chi connectivity index (χ3v) is 4.25. The number of ether oxygens (including phenoxy) is 2. The SMILES string of the molecule is CCC(=O)C1CCN(c2cnc(NCCOCCOC)cn2)CC1. The minimum atomic E-state index is 0.221. The smallest absolute Gasteiger partial charge is 0.147 e. The number of piperidine rings is 1. The Kier molecular flexibility index (Phi) is 7.91. The summed E-state index contributed by atoms with van der Waals surface area (Å²) >= 11 is 0. The summed E-state index contributed by atoms with van der Waals surface area (Å²) in [5, 5.41) is 3.18. The van der Waals surface area contributed by atoms with Crippen molar-refractivity contribution < 1.29 is 14.3 Å². The Morgan fingerprint density at radius 3 is 2.67 bits per heavy atom. The van der Waals surface area contributed by atoms with Gasteiger partial charge in [0.2, 0.25) is 0 Å². The van der Waals surface area contributed by atoms with Gasteiger partial charge in [-0.25, -0.2) is 9.97 Å². The van der Waals surface area contributed by atoms with Crippen molar-refractivity contribution >= 4 is 17.4 Å². The third kappa shape index (κ3) is 5.72. The number of carbonyl (C=O) groups is 1. The number of hydrogen-bond acceptors (Lipinski definition) is 7. The fourth-order valence-electron chi connectivity index (χ4n) is 2.79. The van der Waals surface area contributed by atoms with Crippen LogP contribution in [0.1, 0.15) is 26.2 Å². The van der Waals surface area contributed by atoms with Gasteiger partial charge in [-0.2, -0.15) is 0 Å². The topological polar surface area (TPSA) is 76.6 Å². The van der Waals surface area contributed by atoms with Crippen molar-refractivity contribution in [2.45, 2.75) is 26.2 Å². The zero-order valence-corrected chi connectivity index (χ0v) is 14.7. The largest absolute Gasteiger partial charge is 0.382 e. The molecular formula is C17H28N4O3. The van der Waals surface area contributed by atoms with Crippen molar-refractivity contribution in [3.05, 3.63) is 12.4 Å². The van der Waals surface area contributed by atoms with E-state index in [9.17, 15) is 4.79 Å². The summed E-state index contributed by atoms with van der Waals surface area (Å²) in [4.78, 5) is 22.8. The van der Waals surface area contributed by atoms with Crippen LogP contribution in [0.5, 0.6) is 0 Å². The summed E-state index contributed by atoms with van der Waals surface area (Å²) in [6.07, 6.45) is 5.99. The molecule has 134 valence electrons. The molecule has 1 fully saturated rings. The molecule has 24 heavy (non-hydrogen) atoms. The maximum absolute atomic E-state index is 11.8. The van der Waals surface area contributed by atoms with E-state index in [1.165, 1.54) is 0 Å². The van der Waals surface area contributed by atoms with Crippen LogP contribution in [0.2, 0.25) is 0 Å². The van der Waals surface area contributed by atoms with Gasteiger partial charge in [0, 0.05) is 39.1 Å². The highest BCUT2D eigenvalue weighted by atomic mass is 16.5. The van der Waals surface area contributed by atoms with Crippen molar-refractivity contribution in [3.8, 4) is 0 Å². The first kappa shape index (κ1) is 18.6. The van der Waals surface area contributed by atoms with Crippen LogP contribution in [0.15, 0.2) is 12.4 Å². The normalized spacial score (nSPS) is 15.5. The zero-order chi connectivity index (χ0) is 17.2. The summed E-state index contributed by atoms with van der Waals surface area (Å²) in [6, 6.07) is 0. The van der Waals surface area contributed by atoms with E-state index in [1.54, 1.807) is 19.5 Å². The highest BCUT2D eigenvalue weighted by molar-refractivity contribution is 5.80. The van der Waals surface area contributed by atoms with Gasteiger partial charge >= 0.3 is 0 Å². The lowest BCUT2D eigenvalue weighted by Gasteiger charge is -2.31. The van der Waals surface area contributed by atoms with E-state index in [-0.39, 0.29) is 5.92 Å². The number of rotatable bonds is 10. The molecule has 1 N–H and O–H groups in total. The highest BCUT2D eigenvalue weighted by Crippen LogP contribution is 2.23. The number of hydrogen-bond donors (Lipinski definition) is 1. The van der Waals surface area contributed by atoms with Gasteiger partial charge in [0.15, 0.2) is 0 Å². The second kappa shape index (κ2) is 10.2. The fourth-order valence-corrected chi connectivity index (χ4v) is 2.79. The molecule has 0 radical (unpaired) electrons. The second-order valence-electron chi connectivity index (χ2n) is 5.87. The number of methoxy groups -OCH3 is 1. The van der Waals surface area contributed by atoms with E-state index in [2.05, 4.69) is 20.2 Å². The first-order valence-corrected chi connectivity index (χ1v) is 8.64. The molecule has 0 amide bonds. The quantitative estimate of drug-likeness (QED) is 0.652. The van der Waals surface area contributed by atoms with Crippen LogP contribution in [0.25, 0.3) is 0 Å². The molecule has 0 atom stereocenters. The summed E-state index contributed by atoms with van der Waals surface area (Å²) in [7, 11) is 1.66. The zero-order valence-electron chi connectivity index (χ0n) is 14.7. The molecular weight excluding hydrogens is 308 g/mol. The number of ketones is 1. The van der Waals surface area contributed by atoms with Gasteiger partial charge in [0.05, 0.1) is 32.2 Å². The van der Waals surface area contributed by atoms with Crippen LogP contribution in [-0.4, -0.2) is 62.3 Å². The van der Waals surface area contributed by atoms with Crippen LogP contribution in [0, 0.1) is 5.92 Å². The summed E-state index contributed by atoms with van der Waals surface area (Å²) < 4.78 is 10.3. The van der Waals surface area contributed by atoms with Gasteiger partial charge in [-0.1, -0.05) is 6.92 Å². The Morgan fingerprint density at radius 1 is 1.25 bits per heavy atom. The van der Waals surface area contributed by atoms with Gasteiger partial charge in [0.25, 0.3) is 0 Å². The predicted octanol–water partition coefficient (Wildman–Crippen LogP) is 1.75. The van der Waals surface area contributed by atoms with Gasteiger partial charge in [-0.3, -0.25) is 4.79 Å². The molecule has 0 saturated carbocycles. The summed E-state index contributed by atoms with van der Waals surface area (Å²) in [5.41, 5.74) is 0. The number of nitrogens with one attached hydrogen (secondary N) is 1. The van der Waals surface area contributed by atoms with Crippen molar-refractivity contribution in [3.63, 3.8) is 0 Å². The van der Waals surface area contributed by atoms with Gasteiger partial charge in [0.1, 0.15) is 17.4 Å². The Labute approximate surface area is 143 Å². The van der Waals surface area contributed by atoms with Crippen LogP contribution < -0.4 is 10.2 Å². The molecule has 1 aromatic rings. The lowest BCUT2D eigenvalue weighted by molar-refractivity contribution is -0.123. The monoisotopic (exact) mass is 336 g/mol. The van der Waals surface area contributed by atoms with Crippen LogP contribution in [0.3, 0.4) is 0 Å². The van der Waals surface area contributed by atoms with Gasteiger partial charge in [-0.15, -0.1) is 0 Å². The van der Waals surface area contributed by atoms with Gasteiger partial charge in [-0.05, 0) is 12.8 Å². The lowest BCUT2D eigenvalue weighted by Crippen LogP contribution is -2.36. The average Bonchev–Trinajstić information content (AvgIpc) is 2.64. The minimum absolute atomic E-state index is 0.221. The second-order valence-corrected chi connectivity index (χ2v) is 5.87. The van der Waals surface area contributed by atoms with E-state index in [0.717, 1.165) is 37.6 Å².